The molecule has 0 saturated carbocycles. The predicted molar refractivity (Wildman–Crippen MR) is 115 cm³/mol. The lowest BCUT2D eigenvalue weighted by molar-refractivity contribution is -0.160. The summed E-state index contributed by atoms with van der Waals surface area (Å²) in [5.74, 6) is -0.881. The van der Waals surface area contributed by atoms with Gasteiger partial charge >= 0.3 is 5.97 Å². The van der Waals surface area contributed by atoms with Gasteiger partial charge in [-0.05, 0) is 63.2 Å². The molecule has 2 aromatic rings. The third-order valence-electron chi connectivity index (χ3n) is 4.26. The molecule has 0 aromatic heterocycles. The molecule has 7 heteroatoms. The number of halogens is 2. The van der Waals surface area contributed by atoms with Crippen LogP contribution in [0.5, 0.6) is 0 Å². The van der Waals surface area contributed by atoms with E-state index in [4.69, 9.17) is 4.74 Å². The summed E-state index contributed by atoms with van der Waals surface area (Å²) >= 11 is 3.47. The van der Waals surface area contributed by atoms with Crippen molar-refractivity contribution in [2.45, 2.75) is 27.7 Å². The van der Waals surface area contributed by atoms with Gasteiger partial charge in [-0.15, -0.1) is 0 Å². The lowest BCUT2D eigenvalue weighted by Crippen LogP contribution is -2.39. The van der Waals surface area contributed by atoms with E-state index in [0.717, 1.165) is 15.8 Å². The summed E-state index contributed by atoms with van der Waals surface area (Å²) < 4.78 is 19.6. The number of anilines is 2. The van der Waals surface area contributed by atoms with E-state index in [-0.39, 0.29) is 24.4 Å². The topological polar surface area (TPSA) is 49.9 Å². The summed E-state index contributed by atoms with van der Waals surface area (Å²) in [6, 6.07) is 13.9. The van der Waals surface area contributed by atoms with E-state index in [2.05, 4.69) is 15.9 Å². The van der Waals surface area contributed by atoms with Crippen LogP contribution in [0, 0.1) is 11.2 Å². The maximum Gasteiger partial charge on any atom is 0.312 e. The van der Waals surface area contributed by atoms with E-state index in [1.165, 1.54) is 24.0 Å². The van der Waals surface area contributed by atoms with Crippen molar-refractivity contribution in [3.8, 4) is 0 Å². The Bertz CT molecular complexity index is 850. The maximum absolute atomic E-state index is 13.4. The van der Waals surface area contributed by atoms with Crippen LogP contribution in [0.1, 0.15) is 27.7 Å². The van der Waals surface area contributed by atoms with Gasteiger partial charge in [-0.2, -0.15) is 0 Å². The van der Waals surface area contributed by atoms with E-state index in [9.17, 15) is 14.0 Å². The van der Waals surface area contributed by atoms with Crippen LogP contribution < -0.4 is 4.90 Å². The van der Waals surface area contributed by atoms with Crippen molar-refractivity contribution < 1.29 is 18.7 Å². The van der Waals surface area contributed by atoms with E-state index in [1.807, 2.05) is 29.2 Å². The highest BCUT2D eigenvalue weighted by atomic mass is 79.9. The second-order valence-corrected chi connectivity index (χ2v) is 8.62. The Morgan fingerprint density at radius 2 is 1.69 bits per heavy atom. The Hall–Kier alpha value is -2.41. The molecule has 0 bridgehead atoms. The summed E-state index contributed by atoms with van der Waals surface area (Å²) in [4.78, 5) is 27.5. The molecular weight excluding hydrogens is 439 g/mol. The Morgan fingerprint density at radius 3 is 2.24 bits per heavy atom. The van der Waals surface area contributed by atoms with Crippen LogP contribution in [0.15, 0.2) is 53.0 Å². The number of amides is 1. The maximum atomic E-state index is 13.4. The third-order valence-corrected chi connectivity index (χ3v) is 4.75. The molecule has 0 aliphatic heterocycles. The van der Waals surface area contributed by atoms with Gasteiger partial charge < -0.3 is 14.5 Å². The minimum atomic E-state index is -0.640. The molecule has 0 unspecified atom stereocenters. The lowest BCUT2D eigenvalue weighted by atomic mass is 9.98. The Balaban J connectivity index is 2.17. The number of nitrogens with zero attached hydrogens (tertiary/aromatic N) is 2. The normalized spacial score (nSPS) is 11.1. The minimum absolute atomic E-state index is 0.110. The first-order chi connectivity index (χ1) is 13.6. The fourth-order valence-corrected chi connectivity index (χ4v) is 2.95. The van der Waals surface area contributed by atoms with Crippen LogP contribution in [-0.4, -0.2) is 36.6 Å². The lowest BCUT2D eigenvalue weighted by Gasteiger charge is -2.29. The van der Waals surface area contributed by atoms with Crippen LogP contribution >= 0.6 is 15.9 Å². The van der Waals surface area contributed by atoms with Gasteiger partial charge in [-0.3, -0.25) is 9.59 Å². The van der Waals surface area contributed by atoms with Crippen molar-refractivity contribution in [1.82, 2.24) is 4.90 Å². The molecule has 156 valence electrons. The predicted octanol–water partition coefficient (Wildman–Crippen LogP) is 5.12. The zero-order valence-corrected chi connectivity index (χ0v) is 18.7. The number of ether oxygens (including phenoxy) is 1. The SMILES string of the molecule is CC(=O)N(CCN(c1ccc(F)cc1)c1cccc(Br)c1)COC(=O)C(C)(C)C. The number of hydrogen-bond acceptors (Lipinski definition) is 4. The average Bonchev–Trinajstić information content (AvgIpc) is 2.64. The van der Waals surface area contributed by atoms with Crippen molar-refractivity contribution >= 4 is 39.2 Å². The molecule has 0 aliphatic rings. The standard InChI is InChI=1S/C22H26BrFN2O3/c1-16(27)25(15-29-21(28)22(2,3)4)12-13-26(19-10-8-18(24)9-11-19)20-7-5-6-17(23)14-20/h5-11,14H,12-13,15H2,1-4H3. The number of carbonyl (C=O) groups excluding carboxylic acids is 2. The molecule has 1 amide bonds. The molecule has 0 spiro atoms. The Morgan fingerprint density at radius 1 is 1.03 bits per heavy atom. The van der Waals surface area contributed by atoms with Gasteiger partial charge in [-0.25, -0.2) is 4.39 Å². The first kappa shape index (κ1) is 22.9. The second kappa shape index (κ2) is 9.87. The van der Waals surface area contributed by atoms with Crippen molar-refractivity contribution in [3.05, 3.63) is 58.8 Å². The second-order valence-electron chi connectivity index (χ2n) is 7.70. The zero-order chi connectivity index (χ0) is 21.6. The molecule has 29 heavy (non-hydrogen) atoms. The highest BCUT2D eigenvalue weighted by Crippen LogP contribution is 2.28. The monoisotopic (exact) mass is 464 g/mol. The van der Waals surface area contributed by atoms with Gasteiger partial charge in [0.25, 0.3) is 0 Å². The highest BCUT2D eigenvalue weighted by molar-refractivity contribution is 9.10. The van der Waals surface area contributed by atoms with E-state index in [1.54, 1.807) is 32.9 Å². The summed E-state index contributed by atoms with van der Waals surface area (Å²) in [7, 11) is 0. The molecule has 0 atom stereocenters. The van der Waals surface area contributed by atoms with Gasteiger partial charge in [0, 0.05) is 35.9 Å². The first-order valence-electron chi connectivity index (χ1n) is 9.29. The fourth-order valence-electron chi connectivity index (χ4n) is 2.56. The molecule has 0 radical (unpaired) electrons. The summed E-state index contributed by atoms with van der Waals surface area (Å²) in [6.45, 7) is 7.38. The van der Waals surface area contributed by atoms with Crippen LogP contribution in [0.3, 0.4) is 0 Å². The van der Waals surface area contributed by atoms with Gasteiger partial charge in [0.2, 0.25) is 5.91 Å². The Kier molecular flexibility index (Phi) is 7.79. The average molecular weight is 465 g/mol. The summed E-state index contributed by atoms with van der Waals surface area (Å²) in [5, 5.41) is 0. The molecule has 5 nitrogen and oxygen atoms in total. The fraction of sp³-hybridized carbons (Fsp3) is 0.364. The minimum Gasteiger partial charge on any atom is -0.444 e. The van der Waals surface area contributed by atoms with Crippen LogP contribution in [-0.2, 0) is 14.3 Å². The number of benzene rings is 2. The van der Waals surface area contributed by atoms with Crippen molar-refractivity contribution in [2.24, 2.45) is 5.41 Å². The van der Waals surface area contributed by atoms with E-state index < -0.39 is 5.41 Å². The van der Waals surface area contributed by atoms with E-state index in [0.29, 0.717) is 13.1 Å². The number of rotatable bonds is 7. The molecule has 0 saturated heterocycles. The smallest absolute Gasteiger partial charge is 0.312 e. The van der Waals surface area contributed by atoms with Gasteiger partial charge in [0.05, 0.1) is 5.41 Å². The number of carbonyl (C=O) groups is 2. The third kappa shape index (κ3) is 6.85. The first-order valence-corrected chi connectivity index (χ1v) is 10.1. The molecule has 2 rings (SSSR count). The van der Waals surface area contributed by atoms with Crippen molar-refractivity contribution in [2.75, 3.05) is 24.7 Å². The Labute approximate surface area is 179 Å². The van der Waals surface area contributed by atoms with Crippen LogP contribution in [0.2, 0.25) is 0 Å². The quantitative estimate of drug-likeness (QED) is 0.421. The van der Waals surface area contributed by atoms with Crippen LogP contribution in [0.25, 0.3) is 0 Å². The van der Waals surface area contributed by atoms with Crippen molar-refractivity contribution in [1.29, 1.82) is 0 Å². The largest absolute Gasteiger partial charge is 0.444 e. The molecule has 0 aliphatic carbocycles. The van der Waals surface area contributed by atoms with Gasteiger partial charge in [-0.1, -0.05) is 22.0 Å². The highest BCUT2D eigenvalue weighted by Gasteiger charge is 2.24. The van der Waals surface area contributed by atoms with Crippen molar-refractivity contribution in [3.63, 3.8) is 0 Å². The number of esters is 1. The van der Waals surface area contributed by atoms with E-state index >= 15 is 0 Å². The zero-order valence-electron chi connectivity index (χ0n) is 17.1. The molecular formula is C22H26BrFN2O3. The molecule has 2 aromatic carbocycles. The van der Waals surface area contributed by atoms with Gasteiger partial charge in [0.15, 0.2) is 6.73 Å². The summed E-state index contributed by atoms with van der Waals surface area (Å²) in [6.07, 6.45) is 0. The molecule has 0 heterocycles. The summed E-state index contributed by atoms with van der Waals surface area (Å²) in [5.41, 5.74) is 1.04. The molecule has 0 fully saturated rings. The molecule has 0 N–H and O–H groups in total. The van der Waals surface area contributed by atoms with Gasteiger partial charge in [0.1, 0.15) is 5.82 Å². The van der Waals surface area contributed by atoms with Crippen LogP contribution in [0.4, 0.5) is 15.8 Å². The number of hydrogen-bond donors (Lipinski definition) is 0.